The van der Waals surface area contributed by atoms with Gasteiger partial charge in [-0.25, -0.2) is 17.5 Å². The Morgan fingerprint density at radius 1 is 1.32 bits per heavy atom. The molecular formula is C12H16FNO4S. The van der Waals surface area contributed by atoms with Gasteiger partial charge in [0.15, 0.2) is 0 Å². The molecule has 0 bridgehead atoms. The Kier molecular flexibility index (Phi) is 5.02. The lowest BCUT2D eigenvalue weighted by Crippen LogP contribution is -2.25. The SMILES string of the molecule is Cc1cc(S(=O)(=O)NCCCC(=O)O)cc(C)c1F. The molecule has 5 nitrogen and oxygen atoms in total. The zero-order valence-electron chi connectivity index (χ0n) is 10.7. The van der Waals surface area contributed by atoms with Crippen molar-refractivity contribution in [2.24, 2.45) is 0 Å². The number of hydrogen-bond acceptors (Lipinski definition) is 3. The van der Waals surface area contributed by atoms with Gasteiger partial charge in [0.25, 0.3) is 0 Å². The van der Waals surface area contributed by atoms with E-state index in [1.807, 2.05) is 0 Å². The Morgan fingerprint density at radius 2 is 1.84 bits per heavy atom. The molecule has 0 aromatic heterocycles. The quantitative estimate of drug-likeness (QED) is 0.779. The van der Waals surface area contributed by atoms with Crippen molar-refractivity contribution in [2.75, 3.05) is 6.54 Å². The lowest BCUT2D eigenvalue weighted by atomic mass is 10.1. The van der Waals surface area contributed by atoms with Crippen LogP contribution < -0.4 is 4.72 Å². The maximum Gasteiger partial charge on any atom is 0.303 e. The summed E-state index contributed by atoms with van der Waals surface area (Å²) in [5.74, 6) is -1.41. The maximum atomic E-state index is 13.4. The molecule has 0 fully saturated rings. The zero-order valence-corrected chi connectivity index (χ0v) is 11.6. The highest BCUT2D eigenvalue weighted by molar-refractivity contribution is 7.89. The van der Waals surface area contributed by atoms with Crippen LogP contribution in [0.1, 0.15) is 24.0 Å². The van der Waals surface area contributed by atoms with Crippen molar-refractivity contribution in [2.45, 2.75) is 31.6 Å². The highest BCUT2D eigenvalue weighted by Crippen LogP contribution is 2.18. The number of halogens is 1. The Morgan fingerprint density at radius 3 is 2.32 bits per heavy atom. The molecule has 0 atom stereocenters. The van der Waals surface area contributed by atoms with Crippen molar-refractivity contribution in [3.8, 4) is 0 Å². The fourth-order valence-corrected chi connectivity index (χ4v) is 2.83. The summed E-state index contributed by atoms with van der Waals surface area (Å²) < 4.78 is 39.5. The molecule has 1 rings (SSSR count). The first-order chi connectivity index (χ1) is 8.74. The summed E-state index contributed by atoms with van der Waals surface area (Å²) in [4.78, 5) is 10.3. The first-order valence-electron chi connectivity index (χ1n) is 5.72. The van der Waals surface area contributed by atoms with Gasteiger partial charge < -0.3 is 5.11 Å². The van der Waals surface area contributed by atoms with E-state index in [1.165, 1.54) is 26.0 Å². The molecule has 1 aromatic rings. The lowest BCUT2D eigenvalue weighted by Gasteiger charge is -2.09. The van der Waals surface area contributed by atoms with Crippen molar-refractivity contribution in [1.82, 2.24) is 4.72 Å². The first kappa shape index (κ1) is 15.6. The van der Waals surface area contributed by atoms with Gasteiger partial charge in [-0.1, -0.05) is 0 Å². The lowest BCUT2D eigenvalue weighted by molar-refractivity contribution is -0.137. The van der Waals surface area contributed by atoms with E-state index in [0.717, 1.165) is 0 Å². The summed E-state index contributed by atoms with van der Waals surface area (Å²) in [5.41, 5.74) is 0.511. The van der Waals surface area contributed by atoms with Gasteiger partial charge in [0.2, 0.25) is 10.0 Å². The number of aliphatic carboxylic acids is 1. The van der Waals surface area contributed by atoms with Gasteiger partial charge in [-0.3, -0.25) is 4.79 Å². The van der Waals surface area contributed by atoms with E-state index < -0.39 is 21.8 Å². The summed E-state index contributed by atoms with van der Waals surface area (Å²) in [6, 6.07) is 2.50. The fourth-order valence-electron chi connectivity index (χ4n) is 1.59. The van der Waals surface area contributed by atoms with Gasteiger partial charge in [0.1, 0.15) is 5.82 Å². The fraction of sp³-hybridized carbons (Fsp3) is 0.417. The van der Waals surface area contributed by atoms with E-state index in [9.17, 15) is 17.6 Å². The molecule has 0 spiro atoms. The number of sulfonamides is 1. The standard InChI is InChI=1S/C12H16FNO4S/c1-8-6-10(7-9(2)12(8)13)19(17,18)14-5-3-4-11(15)16/h6-7,14H,3-5H2,1-2H3,(H,15,16). The minimum absolute atomic E-state index is 0.0146. The van der Waals surface area contributed by atoms with Gasteiger partial charge in [0, 0.05) is 13.0 Å². The molecular weight excluding hydrogens is 273 g/mol. The number of rotatable bonds is 6. The Bertz CT molecular complexity index is 560. The normalized spacial score (nSPS) is 11.5. The summed E-state index contributed by atoms with van der Waals surface area (Å²) in [5, 5.41) is 8.44. The molecule has 0 saturated heterocycles. The van der Waals surface area contributed by atoms with Crippen molar-refractivity contribution in [1.29, 1.82) is 0 Å². The Labute approximate surface area is 111 Å². The van der Waals surface area contributed by atoms with Crippen LogP contribution in [0.3, 0.4) is 0 Å². The first-order valence-corrected chi connectivity index (χ1v) is 7.20. The van der Waals surface area contributed by atoms with Crippen LogP contribution in [-0.2, 0) is 14.8 Å². The van der Waals surface area contributed by atoms with Crippen LogP contribution in [0.5, 0.6) is 0 Å². The third-order valence-corrected chi connectivity index (χ3v) is 4.02. The molecule has 0 unspecified atom stereocenters. The second kappa shape index (κ2) is 6.12. The molecule has 0 aliphatic rings. The molecule has 19 heavy (non-hydrogen) atoms. The van der Waals surface area contributed by atoms with E-state index in [0.29, 0.717) is 0 Å². The number of benzene rings is 1. The van der Waals surface area contributed by atoms with Crippen molar-refractivity contribution >= 4 is 16.0 Å². The van der Waals surface area contributed by atoms with E-state index in [4.69, 9.17) is 5.11 Å². The second-order valence-corrected chi connectivity index (χ2v) is 6.03. The van der Waals surface area contributed by atoms with E-state index >= 15 is 0 Å². The van der Waals surface area contributed by atoms with Gasteiger partial charge in [0.05, 0.1) is 4.90 Å². The molecule has 1 aromatic carbocycles. The number of carboxylic acids is 1. The maximum absolute atomic E-state index is 13.4. The third-order valence-electron chi connectivity index (χ3n) is 2.58. The van der Waals surface area contributed by atoms with Gasteiger partial charge in [-0.2, -0.15) is 0 Å². The number of hydrogen-bond donors (Lipinski definition) is 2. The minimum Gasteiger partial charge on any atom is -0.481 e. The largest absolute Gasteiger partial charge is 0.481 e. The summed E-state index contributed by atoms with van der Waals surface area (Å²) >= 11 is 0. The van der Waals surface area contributed by atoms with Gasteiger partial charge in [-0.05, 0) is 43.5 Å². The highest BCUT2D eigenvalue weighted by Gasteiger charge is 2.16. The monoisotopic (exact) mass is 289 g/mol. The topological polar surface area (TPSA) is 83.5 Å². The van der Waals surface area contributed by atoms with Crippen molar-refractivity contribution < 1.29 is 22.7 Å². The number of carbonyl (C=O) groups is 1. The molecule has 7 heteroatoms. The molecule has 0 aliphatic heterocycles. The van der Waals surface area contributed by atoms with Gasteiger partial charge in [-0.15, -0.1) is 0 Å². The van der Waals surface area contributed by atoms with Crippen LogP contribution in [0.2, 0.25) is 0 Å². The second-order valence-electron chi connectivity index (χ2n) is 4.27. The predicted molar refractivity (Wildman–Crippen MR) is 67.9 cm³/mol. The summed E-state index contributed by atoms with van der Waals surface area (Å²) in [6.07, 6.45) is 0.0950. The number of carboxylic acid groups (broad SMARTS) is 1. The van der Waals surface area contributed by atoms with Crippen molar-refractivity contribution in [3.05, 3.63) is 29.1 Å². The van der Waals surface area contributed by atoms with Crippen LogP contribution in [-0.4, -0.2) is 26.0 Å². The van der Waals surface area contributed by atoms with Crippen LogP contribution in [0.15, 0.2) is 17.0 Å². The van der Waals surface area contributed by atoms with Gasteiger partial charge >= 0.3 is 5.97 Å². The number of nitrogens with one attached hydrogen (secondary N) is 1. The van der Waals surface area contributed by atoms with Crippen LogP contribution in [0.25, 0.3) is 0 Å². The van der Waals surface area contributed by atoms with E-state index in [2.05, 4.69) is 4.72 Å². The Balaban J connectivity index is 2.80. The van der Waals surface area contributed by atoms with Crippen molar-refractivity contribution in [3.63, 3.8) is 0 Å². The zero-order chi connectivity index (χ0) is 14.6. The molecule has 2 N–H and O–H groups in total. The Hall–Kier alpha value is -1.47. The van der Waals surface area contributed by atoms with Crippen LogP contribution >= 0.6 is 0 Å². The summed E-state index contributed by atoms with van der Waals surface area (Å²) in [7, 11) is -3.73. The van der Waals surface area contributed by atoms with Crippen LogP contribution in [0, 0.1) is 19.7 Å². The number of aryl methyl sites for hydroxylation is 2. The molecule has 106 valence electrons. The summed E-state index contributed by atoms with van der Waals surface area (Å²) in [6.45, 7) is 3.02. The minimum atomic E-state index is -3.73. The average molecular weight is 289 g/mol. The average Bonchev–Trinajstić information content (AvgIpc) is 2.31. The smallest absolute Gasteiger partial charge is 0.303 e. The van der Waals surface area contributed by atoms with E-state index in [-0.39, 0.29) is 35.4 Å². The highest BCUT2D eigenvalue weighted by atomic mass is 32.2. The molecule has 0 aliphatic carbocycles. The van der Waals surface area contributed by atoms with E-state index in [1.54, 1.807) is 0 Å². The molecule has 0 saturated carbocycles. The third kappa shape index (κ3) is 4.29. The van der Waals surface area contributed by atoms with Crippen LogP contribution in [0.4, 0.5) is 4.39 Å². The molecule has 0 radical (unpaired) electrons. The molecule has 0 amide bonds. The molecule has 0 heterocycles. The predicted octanol–water partition coefficient (Wildman–Crippen LogP) is 1.59.